The summed E-state index contributed by atoms with van der Waals surface area (Å²) in [5, 5.41) is 2.66. The Morgan fingerprint density at radius 2 is 1.84 bits per heavy atom. The third-order valence-corrected chi connectivity index (χ3v) is 3.97. The number of amides is 1. The average molecular weight is 273 g/mol. The van der Waals surface area contributed by atoms with Gasteiger partial charge in [-0.15, -0.1) is 11.3 Å². The number of hydrogen-bond acceptors (Lipinski definition) is 3. The van der Waals surface area contributed by atoms with Crippen LogP contribution in [0.3, 0.4) is 0 Å². The van der Waals surface area contributed by atoms with Crippen LogP contribution in [0.5, 0.6) is 0 Å². The van der Waals surface area contributed by atoms with E-state index in [1.54, 1.807) is 18.2 Å². The Kier molecular flexibility index (Phi) is 4.47. The van der Waals surface area contributed by atoms with Crippen molar-refractivity contribution in [3.63, 3.8) is 0 Å². The SMILES string of the molecule is CCc1ccc(C(=O)NCC(=O)c2ccccc2)s1. The fourth-order valence-electron chi connectivity index (χ4n) is 1.66. The summed E-state index contributed by atoms with van der Waals surface area (Å²) in [6.45, 7) is 2.08. The minimum Gasteiger partial charge on any atom is -0.344 e. The Balaban J connectivity index is 1.92. The van der Waals surface area contributed by atoms with Crippen LogP contribution in [0.1, 0.15) is 31.8 Å². The first-order valence-corrected chi connectivity index (χ1v) is 6.97. The van der Waals surface area contributed by atoms with Crippen LogP contribution in [0.25, 0.3) is 0 Å². The van der Waals surface area contributed by atoms with Gasteiger partial charge in [-0.3, -0.25) is 9.59 Å². The van der Waals surface area contributed by atoms with E-state index in [0.717, 1.165) is 6.42 Å². The van der Waals surface area contributed by atoms with Gasteiger partial charge in [0.1, 0.15) is 0 Å². The van der Waals surface area contributed by atoms with Gasteiger partial charge in [0.15, 0.2) is 5.78 Å². The molecule has 4 heteroatoms. The van der Waals surface area contributed by atoms with E-state index in [1.807, 2.05) is 31.2 Å². The van der Waals surface area contributed by atoms with Gasteiger partial charge in [0.05, 0.1) is 11.4 Å². The van der Waals surface area contributed by atoms with Crippen molar-refractivity contribution < 1.29 is 9.59 Å². The molecular weight excluding hydrogens is 258 g/mol. The number of rotatable bonds is 5. The molecule has 1 aromatic heterocycles. The Labute approximate surface area is 116 Å². The van der Waals surface area contributed by atoms with E-state index in [4.69, 9.17) is 0 Å². The molecule has 0 aliphatic heterocycles. The zero-order valence-corrected chi connectivity index (χ0v) is 11.5. The first-order chi connectivity index (χ1) is 9.20. The van der Waals surface area contributed by atoms with Crippen molar-refractivity contribution in [1.82, 2.24) is 5.32 Å². The van der Waals surface area contributed by atoms with Gasteiger partial charge in [0.2, 0.25) is 0 Å². The Hall–Kier alpha value is -1.94. The molecule has 0 fully saturated rings. The average Bonchev–Trinajstić information content (AvgIpc) is 2.94. The molecule has 2 rings (SSSR count). The minimum atomic E-state index is -0.186. The second kappa shape index (κ2) is 6.29. The summed E-state index contributed by atoms with van der Waals surface area (Å²) in [6.07, 6.45) is 0.918. The lowest BCUT2D eigenvalue weighted by Crippen LogP contribution is -2.28. The molecule has 0 unspecified atom stereocenters. The van der Waals surface area contributed by atoms with E-state index in [1.165, 1.54) is 16.2 Å². The summed E-state index contributed by atoms with van der Waals surface area (Å²) in [6, 6.07) is 12.7. The first kappa shape index (κ1) is 13.5. The maximum Gasteiger partial charge on any atom is 0.261 e. The van der Waals surface area contributed by atoms with Gasteiger partial charge in [-0.25, -0.2) is 0 Å². The van der Waals surface area contributed by atoms with Crippen LogP contribution in [0.15, 0.2) is 42.5 Å². The normalized spacial score (nSPS) is 10.2. The van der Waals surface area contributed by atoms with Gasteiger partial charge in [-0.2, -0.15) is 0 Å². The summed E-state index contributed by atoms with van der Waals surface area (Å²) in [7, 11) is 0. The molecule has 1 N–H and O–H groups in total. The first-order valence-electron chi connectivity index (χ1n) is 6.16. The van der Waals surface area contributed by atoms with Gasteiger partial charge in [-0.1, -0.05) is 37.3 Å². The number of carbonyl (C=O) groups excluding carboxylic acids is 2. The van der Waals surface area contributed by atoms with E-state index in [2.05, 4.69) is 5.32 Å². The molecule has 0 aliphatic carbocycles. The molecule has 1 amide bonds. The number of benzene rings is 1. The maximum atomic E-state index is 11.9. The lowest BCUT2D eigenvalue weighted by molar-refractivity contribution is 0.0906. The van der Waals surface area contributed by atoms with Gasteiger partial charge in [0, 0.05) is 10.4 Å². The van der Waals surface area contributed by atoms with E-state index in [0.29, 0.717) is 10.4 Å². The molecule has 98 valence electrons. The fourth-order valence-corrected chi connectivity index (χ4v) is 2.53. The smallest absolute Gasteiger partial charge is 0.261 e. The van der Waals surface area contributed by atoms with Crippen molar-refractivity contribution in [1.29, 1.82) is 0 Å². The van der Waals surface area contributed by atoms with Crippen molar-refractivity contribution in [2.45, 2.75) is 13.3 Å². The van der Waals surface area contributed by atoms with Gasteiger partial charge < -0.3 is 5.32 Å². The highest BCUT2D eigenvalue weighted by molar-refractivity contribution is 7.14. The third-order valence-electron chi connectivity index (χ3n) is 2.74. The van der Waals surface area contributed by atoms with Crippen molar-refractivity contribution in [2.24, 2.45) is 0 Å². The Morgan fingerprint density at radius 1 is 1.11 bits per heavy atom. The monoisotopic (exact) mass is 273 g/mol. The summed E-state index contributed by atoms with van der Waals surface area (Å²) in [4.78, 5) is 25.5. The van der Waals surface area contributed by atoms with Crippen molar-refractivity contribution in [3.05, 3.63) is 57.8 Å². The quantitative estimate of drug-likeness (QED) is 0.851. The molecule has 0 spiro atoms. The number of aryl methyl sites for hydroxylation is 1. The van der Waals surface area contributed by atoms with E-state index in [-0.39, 0.29) is 18.2 Å². The number of carbonyl (C=O) groups is 2. The molecule has 0 saturated carbocycles. The summed E-state index contributed by atoms with van der Waals surface area (Å²) < 4.78 is 0. The molecule has 0 aliphatic rings. The van der Waals surface area contributed by atoms with Crippen molar-refractivity contribution in [3.8, 4) is 0 Å². The van der Waals surface area contributed by atoms with Gasteiger partial charge >= 0.3 is 0 Å². The van der Waals surface area contributed by atoms with Crippen LogP contribution >= 0.6 is 11.3 Å². The molecule has 2 aromatic rings. The maximum absolute atomic E-state index is 11.9. The minimum absolute atomic E-state index is 0.0300. The topological polar surface area (TPSA) is 46.2 Å². The molecule has 1 aromatic carbocycles. The summed E-state index contributed by atoms with van der Waals surface area (Å²) in [5.74, 6) is -0.268. The van der Waals surface area contributed by atoms with Crippen LogP contribution in [0.4, 0.5) is 0 Å². The lowest BCUT2D eigenvalue weighted by atomic mass is 10.1. The van der Waals surface area contributed by atoms with Crippen LogP contribution < -0.4 is 5.32 Å². The van der Waals surface area contributed by atoms with Gasteiger partial charge in [-0.05, 0) is 18.6 Å². The molecule has 3 nitrogen and oxygen atoms in total. The number of ketones is 1. The lowest BCUT2D eigenvalue weighted by Gasteiger charge is -2.03. The molecule has 1 heterocycles. The molecule has 19 heavy (non-hydrogen) atoms. The van der Waals surface area contributed by atoms with Crippen LogP contribution in [0.2, 0.25) is 0 Å². The zero-order valence-electron chi connectivity index (χ0n) is 10.7. The predicted octanol–water partition coefficient (Wildman–Crippen LogP) is 2.92. The molecule has 0 saturated heterocycles. The van der Waals surface area contributed by atoms with Crippen LogP contribution in [0, 0.1) is 0 Å². The highest BCUT2D eigenvalue weighted by Gasteiger charge is 2.11. The third kappa shape index (κ3) is 3.51. The van der Waals surface area contributed by atoms with Crippen molar-refractivity contribution in [2.75, 3.05) is 6.54 Å². The fraction of sp³-hybridized carbons (Fsp3) is 0.200. The zero-order chi connectivity index (χ0) is 13.7. The second-order valence-electron chi connectivity index (χ2n) is 4.09. The Bertz CT molecular complexity index is 575. The standard InChI is InChI=1S/C15H15NO2S/c1-2-12-8-9-14(19-12)15(18)16-10-13(17)11-6-4-3-5-7-11/h3-9H,2,10H2,1H3,(H,16,18). The molecule has 0 bridgehead atoms. The van der Waals surface area contributed by atoms with Gasteiger partial charge in [0.25, 0.3) is 5.91 Å². The van der Waals surface area contributed by atoms with E-state index < -0.39 is 0 Å². The highest BCUT2D eigenvalue weighted by atomic mass is 32.1. The predicted molar refractivity (Wildman–Crippen MR) is 76.8 cm³/mol. The number of Topliss-reactive ketones (excluding diaryl/α,β-unsaturated/α-hetero) is 1. The van der Waals surface area contributed by atoms with E-state index in [9.17, 15) is 9.59 Å². The summed E-state index contributed by atoms with van der Waals surface area (Å²) >= 11 is 1.47. The number of thiophene rings is 1. The van der Waals surface area contributed by atoms with E-state index >= 15 is 0 Å². The molecule has 0 atom stereocenters. The second-order valence-corrected chi connectivity index (χ2v) is 5.26. The number of hydrogen-bond donors (Lipinski definition) is 1. The highest BCUT2D eigenvalue weighted by Crippen LogP contribution is 2.16. The largest absolute Gasteiger partial charge is 0.344 e. The van der Waals surface area contributed by atoms with Crippen molar-refractivity contribution >= 4 is 23.0 Å². The summed E-state index contributed by atoms with van der Waals surface area (Å²) in [5.41, 5.74) is 0.614. The number of nitrogens with one attached hydrogen (secondary N) is 1. The Morgan fingerprint density at radius 3 is 2.47 bits per heavy atom. The van der Waals surface area contributed by atoms with Crippen LogP contribution in [-0.2, 0) is 6.42 Å². The molecular formula is C15H15NO2S. The van der Waals surface area contributed by atoms with Crippen LogP contribution in [-0.4, -0.2) is 18.2 Å². The molecule has 0 radical (unpaired) electrons.